The molecule has 1 atom stereocenters. The summed E-state index contributed by atoms with van der Waals surface area (Å²) in [5.74, 6) is 0. The van der Waals surface area contributed by atoms with Gasteiger partial charge in [-0.2, -0.15) is 4.31 Å². The quantitative estimate of drug-likeness (QED) is 0.849. The summed E-state index contributed by atoms with van der Waals surface area (Å²) in [6.07, 6.45) is 0. The Morgan fingerprint density at radius 3 is 2.00 bits per heavy atom. The van der Waals surface area contributed by atoms with Crippen LogP contribution in [0.1, 0.15) is 16.7 Å². The Kier molecular flexibility index (Phi) is 5.34. The van der Waals surface area contributed by atoms with Gasteiger partial charge in [0, 0.05) is 22.8 Å². The summed E-state index contributed by atoms with van der Waals surface area (Å²) in [4.78, 5) is 2.10. The maximum absolute atomic E-state index is 12.6. The van der Waals surface area contributed by atoms with Crippen molar-refractivity contribution in [2.45, 2.75) is 25.4 Å². The topological polar surface area (TPSA) is 49.4 Å². The van der Waals surface area contributed by atoms with Crippen LogP contribution in [-0.2, 0) is 23.1 Å². The van der Waals surface area contributed by atoms with Crippen LogP contribution in [0, 0.1) is 0 Å². The first kappa shape index (κ1) is 15.7. The summed E-state index contributed by atoms with van der Waals surface area (Å²) in [7, 11) is -1.70. The highest BCUT2D eigenvalue weighted by Crippen LogP contribution is 2.21. The number of sulfonamides is 1. The second-order valence-corrected chi connectivity index (χ2v) is 8.72. The molecule has 2 aromatic heterocycles. The van der Waals surface area contributed by atoms with Crippen LogP contribution in [0.25, 0.3) is 0 Å². The Labute approximate surface area is 128 Å². The summed E-state index contributed by atoms with van der Waals surface area (Å²) >= 11 is 3.15. The van der Waals surface area contributed by atoms with Crippen LogP contribution >= 0.6 is 22.7 Å². The number of rotatable bonds is 7. The van der Waals surface area contributed by atoms with E-state index in [2.05, 4.69) is 5.32 Å². The first-order valence-electron chi connectivity index (χ1n) is 6.25. The van der Waals surface area contributed by atoms with E-state index >= 15 is 0 Å². The van der Waals surface area contributed by atoms with Crippen molar-refractivity contribution in [1.29, 1.82) is 0 Å². The van der Waals surface area contributed by atoms with E-state index in [0.717, 1.165) is 9.75 Å². The number of thiophene rings is 2. The molecule has 2 aromatic rings. The highest BCUT2D eigenvalue weighted by molar-refractivity contribution is 7.89. The molecule has 20 heavy (non-hydrogen) atoms. The minimum Gasteiger partial charge on any atom is -0.303 e. The second kappa shape index (κ2) is 6.82. The largest absolute Gasteiger partial charge is 0.303 e. The van der Waals surface area contributed by atoms with E-state index in [1.807, 2.05) is 35.0 Å². The highest BCUT2D eigenvalue weighted by Gasteiger charge is 2.28. The van der Waals surface area contributed by atoms with E-state index < -0.39 is 15.4 Å². The molecule has 0 amide bonds. The van der Waals surface area contributed by atoms with Crippen molar-refractivity contribution in [3.05, 3.63) is 44.8 Å². The monoisotopic (exact) mass is 330 g/mol. The van der Waals surface area contributed by atoms with Gasteiger partial charge in [-0.05, 0) is 36.9 Å². The Bertz CT molecular complexity index is 570. The second-order valence-electron chi connectivity index (χ2n) is 4.40. The molecule has 0 fully saturated rings. The van der Waals surface area contributed by atoms with Crippen LogP contribution in [0.4, 0.5) is 0 Å². The fourth-order valence-corrected chi connectivity index (χ4v) is 4.75. The molecule has 0 aliphatic carbocycles. The third kappa shape index (κ3) is 3.67. The zero-order valence-electron chi connectivity index (χ0n) is 11.4. The van der Waals surface area contributed by atoms with Crippen LogP contribution < -0.4 is 5.32 Å². The molecule has 0 aliphatic rings. The lowest BCUT2D eigenvalue weighted by atomic mass is 10.4. The average molecular weight is 330 g/mol. The smallest absolute Gasteiger partial charge is 0.230 e. The van der Waals surface area contributed by atoms with Crippen molar-refractivity contribution in [3.63, 3.8) is 0 Å². The molecule has 2 heterocycles. The van der Waals surface area contributed by atoms with Crippen molar-refractivity contribution in [2.24, 2.45) is 0 Å². The molecule has 7 heteroatoms. The van der Waals surface area contributed by atoms with Crippen molar-refractivity contribution >= 4 is 32.7 Å². The molecule has 2 rings (SSSR count). The lowest BCUT2D eigenvalue weighted by Gasteiger charge is -2.24. The van der Waals surface area contributed by atoms with Crippen molar-refractivity contribution < 1.29 is 8.42 Å². The predicted molar refractivity (Wildman–Crippen MR) is 85.3 cm³/mol. The van der Waals surface area contributed by atoms with Gasteiger partial charge in [-0.25, -0.2) is 8.42 Å². The fraction of sp³-hybridized carbons (Fsp3) is 0.385. The minimum absolute atomic E-state index is 0.421. The van der Waals surface area contributed by atoms with Gasteiger partial charge in [0.2, 0.25) is 10.0 Å². The van der Waals surface area contributed by atoms with Crippen molar-refractivity contribution in [2.75, 3.05) is 7.05 Å². The van der Waals surface area contributed by atoms with Gasteiger partial charge < -0.3 is 5.32 Å². The molecule has 0 saturated carbocycles. The molecule has 0 spiro atoms. The third-order valence-corrected chi connectivity index (χ3v) is 6.87. The van der Waals surface area contributed by atoms with Crippen LogP contribution in [0.5, 0.6) is 0 Å². The predicted octanol–water partition coefficient (Wildman–Crippen LogP) is 2.71. The number of hydrogen-bond donors (Lipinski definition) is 1. The van der Waals surface area contributed by atoms with E-state index in [1.54, 1.807) is 41.0 Å². The van der Waals surface area contributed by atoms with E-state index in [4.69, 9.17) is 0 Å². The summed E-state index contributed by atoms with van der Waals surface area (Å²) in [5, 5.41) is 6.16. The molecular formula is C13H18N2O2S3. The molecule has 1 N–H and O–H groups in total. The fourth-order valence-electron chi connectivity index (χ4n) is 1.76. The van der Waals surface area contributed by atoms with Crippen molar-refractivity contribution in [1.82, 2.24) is 9.62 Å². The zero-order valence-corrected chi connectivity index (χ0v) is 13.9. The van der Waals surface area contributed by atoms with E-state index in [-0.39, 0.29) is 0 Å². The molecule has 0 aromatic carbocycles. The Morgan fingerprint density at radius 1 is 1.15 bits per heavy atom. The lowest BCUT2D eigenvalue weighted by molar-refractivity contribution is 0.396. The third-order valence-electron chi connectivity index (χ3n) is 3.04. The van der Waals surface area contributed by atoms with Gasteiger partial charge in [-0.3, -0.25) is 0 Å². The van der Waals surface area contributed by atoms with Gasteiger partial charge in [0.15, 0.2) is 0 Å². The first-order valence-corrected chi connectivity index (χ1v) is 9.51. The summed E-state index contributed by atoms with van der Waals surface area (Å²) in [6, 6.07) is 7.81. The molecule has 0 aliphatic heterocycles. The molecular weight excluding hydrogens is 312 g/mol. The summed E-state index contributed by atoms with van der Waals surface area (Å²) in [6.45, 7) is 2.51. The van der Waals surface area contributed by atoms with Crippen LogP contribution in [0.15, 0.2) is 35.0 Å². The van der Waals surface area contributed by atoms with Gasteiger partial charge in [0.25, 0.3) is 0 Å². The zero-order chi connectivity index (χ0) is 14.6. The van der Waals surface area contributed by atoms with E-state index in [0.29, 0.717) is 13.1 Å². The molecule has 1 unspecified atom stereocenters. The first-order chi connectivity index (χ1) is 9.54. The SMILES string of the molecule is CNC(C)S(=O)(=O)N(Cc1cccs1)Cc1cccs1. The molecule has 0 saturated heterocycles. The summed E-state index contributed by atoms with van der Waals surface area (Å²) < 4.78 is 26.7. The van der Waals surface area contributed by atoms with Crippen molar-refractivity contribution in [3.8, 4) is 0 Å². The number of hydrogen-bond acceptors (Lipinski definition) is 5. The Hall–Kier alpha value is -0.730. The molecule has 0 bridgehead atoms. The standard InChI is InChI=1S/C13H18N2O2S3/c1-11(14-2)20(16,17)15(9-12-5-3-7-18-12)10-13-6-4-8-19-13/h3-8,11,14H,9-10H2,1-2H3. The van der Waals surface area contributed by atoms with Crippen LogP contribution in [0.2, 0.25) is 0 Å². The molecule has 110 valence electrons. The van der Waals surface area contributed by atoms with Gasteiger partial charge in [0.05, 0.1) is 0 Å². The van der Waals surface area contributed by atoms with Gasteiger partial charge >= 0.3 is 0 Å². The molecule has 4 nitrogen and oxygen atoms in total. The Balaban J connectivity index is 2.23. The summed E-state index contributed by atoms with van der Waals surface area (Å²) in [5.41, 5.74) is 0. The van der Waals surface area contributed by atoms with Crippen LogP contribution in [-0.4, -0.2) is 25.1 Å². The van der Waals surface area contributed by atoms with Gasteiger partial charge in [-0.1, -0.05) is 12.1 Å². The van der Waals surface area contributed by atoms with Crippen LogP contribution in [0.3, 0.4) is 0 Å². The Morgan fingerprint density at radius 2 is 1.65 bits per heavy atom. The van der Waals surface area contributed by atoms with E-state index in [9.17, 15) is 8.42 Å². The minimum atomic E-state index is -3.37. The highest BCUT2D eigenvalue weighted by atomic mass is 32.2. The maximum Gasteiger partial charge on any atom is 0.230 e. The molecule has 0 radical (unpaired) electrons. The maximum atomic E-state index is 12.6. The van der Waals surface area contributed by atoms with Gasteiger partial charge in [-0.15, -0.1) is 22.7 Å². The average Bonchev–Trinajstić information content (AvgIpc) is 3.10. The number of nitrogens with zero attached hydrogens (tertiary/aromatic N) is 1. The van der Waals surface area contributed by atoms with E-state index in [1.165, 1.54) is 0 Å². The lowest BCUT2D eigenvalue weighted by Crippen LogP contribution is -2.42. The normalized spacial score (nSPS) is 13.8. The van der Waals surface area contributed by atoms with Gasteiger partial charge in [0.1, 0.15) is 5.37 Å². The number of nitrogens with one attached hydrogen (secondary N) is 1.